The molecule has 0 spiro atoms. The van der Waals surface area contributed by atoms with E-state index < -0.39 is 0 Å². The molecule has 2 rings (SSSR count). The van der Waals surface area contributed by atoms with Gasteiger partial charge >= 0.3 is 0 Å². The third-order valence-corrected chi connectivity index (χ3v) is 4.92. The first-order valence-electron chi connectivity index (χ1n) is 9.07. The second-order valence-corrected chi connectivity index (χ2v) is 6.46. The van der Waals surface area contributed by atoms with E-state index in [1.54, 1.807) is 0 Å². The molecule has 0 saturated carbocycles. The number of nitrogens with zero attached hydrogens (tertiary/aromatic N) is 2. The highest BCUT2D eigenvalue weighted by Crippen LogP contribution is 2.23. The van der Waals surface area contributed by atoms with E-state index in [1.165, 1.54) is 5.56 Å². The quantitative estimate of drug-likeness (QED) is 0.773. The Labute approximate surface area is 150 Å². The summed E-state index contributed by atoms with van der Waals surface area (Å²) < 4.78 is 0. The molecule has 1 aromatic heterocycles. The van der Waals surface area contributed by atoms with Crippen molar-refractivity contribution in [2.75, 3.05) is 19.6 Å². The van der Waals surface area contributed by atoms with Crippen molar-refractivity contribution in [3.8, 4) is 0 Å². The molecule has 0 aliphatic rings. The Bertz CT molecular complexity index is 657. The smallest absolute Gasteiger partial charge is 0.227 e. The van der Waals surface area contributed by atoms with Gasteiger partial charge in [-0.15, -0.1) is 0 Å². The molecule has 0 aliphatic heterocycles. The van der Waals surface area contributed by atoms with E-state index in [9.17, 15) is 4.79 Å². The summed E-state index contributed by atoms with van der Waals surface area (Å²) in [5, 5.41) is 10.3. The fourth-order valence-corrected chi connectivity index (χ4v) is 3.48. The van der Waals surface area contributed by atoms with Crippen LogP contribution < -0.4 is 5.32 Å². The zero-order chi connectivity index (χ0) is 18.4. The lowest BCUT2D eigenvalue weighted by molar-refractivity contribution is -0.122. The van der Waals surface area contributed by atoms with Crippen LogP contribution in [0, 0.1) is 13.8 Å². The van der Waals surface area contributed by atoms with E-state index in [0.717, 1.165) is 30.0 Å². The van der Waals surface area contributed by atoms with E-state index in [2.05, 4.69) is 58.5 Å². The molecule has 2 atom stereocenters. The number of aromatic nitrogens is 2. The van der Waals surface area contributed by atoms with Crippen molar-refractivity contribution in [3.05, 3.63) is 52.8 Å². The number of benzene rings is 1. The zero-order valence-electron chi connectivity index (χ0n) is 16.0. The summed E-state index contributed by atoms with van der Waals surface area (Å²) in [6.07, 6.45) is 0. The number of nitrogens with one attached hydrogen (secondary N) is 2. The van der Waals surface area contributed by atoms with Gasteiger partial charge in [0.05, 0.1) is 17.7 Å². The molecule has 1 heterocycles. The molecule has 1 amide bonds. The Balaban J connectivity index is 2.11. The normalized spacial score (nSPS) is 13.7. The third kappa shape index (κ3) is 4.48. The standard InChI is InChI=1S/C20H30N4O/c1-6-24(7-2)18(17-11-9-8-10-12-17)13-21-20(25)14(3)19-15(4)22-23-16(19)5/h8-12,14,18H,6-7,13H2,1-5H3,(H,21,25)(H,22,23)/t14-,18-/m1/s1. The molecule has 2 N–H and O–H groups in total. The molecule has 0 unspecified atom stereocenters. The van der Waals surface area contributed by atoms with Crippen LogP contribution in [0.4, 0.5) is 0 Å². The van der Waals surface area contributed by atoms with Crippen LogP contribution in [0.25, 0.3) is 0 Å². The summed E-state index contributed by atoms with van der Waals surface area (Å²) in [5.41, 5.74) is 4.08. The van der Waals surface area contributed by atoms with Gasteiger partial charge in [-0.2, -0.15) is 5.10 Å². The van der Waals surface area contributed by atoms with E-state index in [-0.39, 0.29) is 17.9 Å². The minimum absolute atomic E-state index is 0.0423. The van der Waals surface area contributed by atoms with Crippen LogP contribution in [-0.4, -0.2) is 40.6 Å². The highest BCUT2D eigenvalue weighted by atomic mass is 16.1. The molecule has 5 nitrogen and oxygen atoms in total. The molecule has 5 heteroatoms. The first-order chi connectivity index (χ1) is 12.0. The Kier molecular flexibility index (Phi) is 6.76. The van der Waals surface area contributed by atoms with Crippen molar-refractivity contribution in [3.63, 3.8) is 0 Å². The number of hydrogen-bond donors (Lipinski definition) is 2. The number of aromatic amines is 1. The van der Waals surface area contributed by atoms with Gasteiger partial charge in [-0.25, -0.2) is 0 Å². The monoisotopic (exact) mass is 342 g/mol. The molecule has 0 fully saturated rings. The first kappa shape index (κ1) is 19.2. The predicted octanol–water partition coefficient (Wildman–Crippen LogP) is 3.33. The van der Waals surface area contributed by atoms with Crippen molar-refractivity contribution in [1.82, 2.24) is 20.4 Å². The second kappa shape index (κ2) is 8.81. The zero-order valence-corrected chi connectivity index (χ0v) is 16.0. The average Bonchev–Trinajstić information content (AvgIpc) is 2.97. The number of rotatable bonds is 8. The summed E-state index contributed by atoms with van der Waals surface area (Å²) in [6, 6.07) is 10.6. The largest absolute Gasteiger partial charge is 0.354 e. The number of H-pyrrole nitrogens is 1. The van der Waals surface area contributed by atoms with E-state index >= 15 is 0 Å². The fraction of sp³-hybridized carbons (Fsp3) is 0.500. The van der Waals surface area contributed by atoms with Crippen LogP contribution in [0.15, 0.2) is 30.3 Å². The maximum absolute atomic E-state index is 12.7. The number of amides is 1. The number of aryl methyl sites for hydroxylation is 2. The fourth-order valence-electron chi connectivity index (χ4n) is 3.48. The Hall–Kier alpha value is -2.14. The highest BCUT2D eigenvalue weighted by molar-refractivity contribution is 5.83. The maximum atomic E-state index is 12.7. The lowest BCUT2D eigenvalue weighted by Crippen LogP contribution is -2.39. The highest BCUT2D eigenvalue weighted by Gasteiger charge is 2.24. The Morgan fingerprint density at radius 2 is 1.84 bits per heavy atom. The summed E-state index contributed by atoms with van der Waals surface area (Å²) in [4.78, 5) is 15.1. The van der Waals surface area contributed by atoms with Gasteiger partial charge < -0.3 is 5.32 Å². The molecule has 0 bridgehead atoms. The van der Waals surface area contributed by atoms with Crippen molar-refractivity contribution in [1.29, 1.82) is 0 Å². The van der Waals surface area contributed by atoms with Gasteiger partial charge in [-0.1, -0.05) is 44.2 Å². The van der Waals surface area contributed by atoms with Crippen LogP contribution in [0.3, 0.4) is 0 Å². The number of carbonyl (C=O) groups is 1. The molecular weight excluding hydrogens is 312 g/mol. The van der Waals surface area contributed by atoms with E-state index in [4.69, 9.17) is 0 Å². The SMILES string of the molecule is CCN(CC)[C@H](CNC(=O)[C@H](C)c1c(C)n[nH]c1C)c1ccccc1. The molecule has 136 valence electrons. The van der Waals surface area contributed by atoms with Gasteiger partial charge in [0.25, 0.3) is 0 Å². The molecular formula is C20H30N4O. The summed E-state index contributed by atoms with van der Waals surface area (Å²) >= 11 is 0. The molecule has 1 aromatic carbocycles. The number of carbonyl (C=O) groups excluding carboxylic acids is 1. The second-order valence-electron chi connectivity index (χ2n) is 6.46. The van der Waals surface area contributed by atoms with E-state index in [0.29, 0.717) is 6.54 Å². The van der Waals surface area contributed by atoms with Crippen molar-refractivity contribution in [2.45, 2.75) is 46.6 Å². The van der Waals surface area contributed by atoms with Crippen LogP contribution in [0.2, 0.25) is 0 Å². The van der Waals surface area contributed by atoms with Crippen LogP contribution >= 0.6 is 0 Å². The minimum atomic E-state index is -0.216. The summed E-state index contributed by atoms with van der Waals surface area (Å²) in [7, 11) is 0. The Morgan fingerprint density at radius 1 is 1.20 bits per heavy atom. The van der Waals surface area contributed by atoms with E-state index in [1.807, 2.05) is 26.8 Å². The summed E-state index contributed by atoms with van der Waals surface area (Å²) in [6.45, 7) is 12.6. The molecule has 0 saturated heterocycles. The third-order valence-electron chi connectivity index (χ3n) is 4.92. The van der Waals surface area contributed by atoms with Gasteiger partial charge in [0.1, 0.15) is 0 Å². The number of hydrogen-bond acceptors (Lipinski definition) is 3. The van der Waals surface area contributed by atoms with Gasteiger partial charge in [-0.3, -0.25) is 14.8 Å². The van der Waals surface area contributed by atoms with Crippen LogP contribution in [0.5, 0.6) is 0 Å². The molecule has 0 radical (unpaired) electrons. The van der Waals surface area contributed by atoms with Crippen LogP contribution in [0.1, 0.15) is 55.2 Å². The van der Waals surface area contributed by atoms with Crippen molar-refractivity contribution < 1.29 is 4.79 Å². The van der Waals surface area contributed by atoms with Crippen molar-refractivity contribution >= 4 is 5.91 Å². The number of likely N-dealkylation sites (N-methyl/N-ethyl adjacent to an activating group) is 1. The maximum Gasteiger partial charge on any atom is 0.227 e. The van der Waals surface area contributed by atoms with Gasteiger partial charge in [0, 0.05) is 17.8 Å². The lowest BCUT2D eigenvalue weighted by Gasteiger charge is -2.30. The first-order valence-corrected chi connectivity index (χ1v) is 9.07. The Morgan fingerprint density at radius 3 is 2.36 bits per heavy atom. The minimum Gasteiger partial charge on any atom is -0.354 e. The van der Waals surface area contributed by atoms with Crippen LogP contribution in [-0.2, 0) is 4.79 Å². The van der Waals surface area contributed by atoms with Gasteiger partial charge in [-0.05, 0) is 39.4 Å². The van der Waals surface area contributed by atoms with Gasteiger partial charge in [0.2, 0.25) is 5.91 Å². The average molecular weight is 342 g/mol. The lowest BCUT2D eigenvalue weighted by atomic mass is 9.98. The molecule has 25 heavy (non-hydrogen) atoms. The topological polar surface area (TPSA) is 61.0 Å². The summed E-state index contributed by atoms with van der Waals surface area (Å²) in [5.74, 6) is -0.174. The molecule has 2 aromatic rings. The van der Waals surface area contributed by atoms with Gasteiger partial charge in [0.15, 0.2) is 0 Å². The predicted molar refractivity (Wildman–Crippen MR) is 102 cm³/mol. The molecule has 0 aliphatic carbocycles. The van der Waals surface area contributed by atoms with Crippen molar-refractivity contribution in [2.24, 2.45) is 0 Å².